The topological polar surface area (TPSA) is 84.5 Å². The van der Waals surface area contributed by atoms with Crippen molar-refractivity contribution < 1.29 is 19.1 Å². The van der Waals surface area contributed by atoms with Crippen molar-refractivity contribution in [1.29, 1.82) is 0 Å². The van der Waals surface area contributed by atoms with Gasteiger partial charge in [-0.05, 0) is 67.5 Å². The van der Waals surface area contributed by atoms with Crippen LogP contribution in [0.3, 0.4) is 0 Å². The molecule has 9 heteroatoms. The second-order valence-electron chi connectivity index (χ2n) is 9.08. The van der Waals surface area contributed by atoms with Gasteiger partial charge in [0, 0.05) is 17.5 Å². The summed E-state index contributed by atoms with van der Waals surface area (Å²) in [6, 6.07) is 11.2. The number of methoxy groups -OCH3 is 1. The first-order valence-electron chi connectivity index (χ1n) is 12.0. The average molecular weight is 552 g/mol. The number of carbonyl (C=O) groups excluding carboxylic acids is 3. The average Bonchev–Trinajstić information content (AvgIpc) is 3.34. The SMILES string of the molecule is COC(=O)C(Cc1ccc(NC(=O)c2c(Cl)cccc2Cl)cc1)NC(=O)C1(CCCSC)CCCC1. The molecule has 1 atom stereocenters. The molecule has 1 saturated carbocycles. The van der Waals surface area contributed by atoms with E-state index >= 15 is 0 Å². The van der Waals surface area contributed by atoms with Crippen molar-refractivity contribution >= 4 is 58.4 Å². The number of halogens is 2. The predicted molar refractivity (Wildman–Crippen MR) is 147 cm³/mol. The molecule has 2 aromatic carbocycles. The third-order valence-electron chi connectivity index (χ3n) is 6.68. The van der Waals surface area contributed by atoms with Gasteiger partial charge in [0.15, 0.2) is 0 Å². The second-order valence-corrected chi connectivity index (χ2v) is 10.9. The molecule has 6 nitrogen and oxygen atoms in total. The van der Waals surface area contributed by atoms with Gasteiger partial charge in [-0.3, -0.25) is 9.59 Å². The number of ether oxygens (including phenoxy) is 1. The highest BCUT2D eigenvalue weighted by atomic mass is 35.5. The molecule has 0 heterocycles. The Morgan fingerprint density at radius 3 is 2.28 bits per heavy atom. The minimum absolute atomic E-state index is 0.0583. The van der Waals surface area contributed by atoms with E-state index in [0.717, 1.165) is 49.8 Å². The molecule has 1 aliphatic carbocycles. The summed E-state index contributed by atoms with van der Waals surface area (Å²) in [5.41, 5.74) is 1.17. The number of hydrogen-bond acceptors (Lipinski definition) is 5. The van der Waals surface area contributed by atoms with Crippen LogP contribution in [0.5, 0.6) is 0 Å². The van der Waals surface area contributed by atoms with Gasteiger partial charge in [-0.15, -0.1) is 0 Å². The maximum atomic E-state index is 13.4. The largest absolute Gasteiger partial charge is 0.467 e. The standard InChI is InChI=1S/C27H32Cl2N2O4S/c1-35-25(33)22(31-26(34)27(13-3-4-14-27)15-6-16-36-2)17-18-9-11-19(12-10-18)30-24(32)23-20(28)7-5-8-21(23)29/h5,7-12,22H,3-4,6,13-17H2,1-2H3,(H,30,32)(H,31,34). The number of thioether (sulfide) groups is 1. The van der Waals surface area contributed by atoms with E-state index in [1.807, 2.05) is 0 Å². The van der Waals surface area contributed by atoms with E-state index in [1.165, 1.54) is 7.11 Å². The summed E-state index contributed by atoms with van der Waals surface area (Å²) in [4.78, 5) is 38.5. The lowest BCUT2D eigenvalue weighted by Crippen LogP contribution is -2.49. The van der Waals surface area contributed by atoms with Gasteiger partial charge in [-0.2, -0.15) is 11.8 Å². The normalized spacial score (nSPS) is 15.2. The zero-order valence-electron chi connectivity index (χ0n) is 20.6. The Kier molecular flexibility index (Phi) is 10.5. The summed E-state index contributed by atoms with van der Waals surface area (Å²) in [6.45, 7) is 0. The monoisotopic (exact) mass is 550 g/mol. The number of amides is 2. The van der Waals surface area contributed by atoms with Gasteiger partial charge in [0.05, 0.1) is 22.7 Å². The van der Waals surface area contributed by atoms with Crippen molar-refractivity contribution in [3.05, 3.63) is 63.6 Å². The van der Waals surface area contributed by atoms with E-state index in [4.69, 9.17) is 27.9 Å². The van der Waals surface area contributed by atoms with Crippen molar-refractivity contribution in [2.75, 3.05) is 24.4 Å². The maximum absolute atomic E-state index is 13.4. The highest BCUT2D eigenvalue weighted by molar-refractivity contribution is 7.98. The molecule has 0 spiro atoms. The third-order valence-corrected chi connectivity index (χ3v) is 8.01. The fraction of sp³-hybridized carbons (Fsp3) is 0.444. The molecule has 0 bridgehead atoms. The Labute approximate surface area is 226 Å². The molecule has 2 aromatic rings. The number of nitrogens with one attached hydrogen (secondary N) is 2. The molecule has 0 aliphatic heterocycles. The van der Waals surface area contributed by atoms with Gasteiger partial charge in [-0.1, -0.05) is 54.2 Å². The highest BCUT2D eigenvalue weighted by Crippen LogP contribution is 2.42. The summed E-state index contributed by atoms with van der Waals surface area (Å²) in [5, 5.41) is 6.30. The second kappa shape index (κ2) is 13.4. The van der Waals surface area contributed by atoms with Gasteiger partial charge < -0.3 is 15.4 Å². The Balaban J connectivity index is 1.67. The molecule has 194 valence electrons. The first kappa shape index (κ1) is 28.4. The van der Waals surface area contributed by atoms with E-state index < -0.39 is 23.3 Å². The zero-order valence-corrected chi connectivity index (χ0v) is 22.9. The Bertz CT molecular complexity index is 1050. The molecule has 3 rings (SSSR count). The minimum Gasteiger partial charge on any atom is -0.467 e. The lowest BCUT2D eigenvalue weighted by molar-refractivity contribution is -0.146. The molecule has 0 saturated heterocycles. The molecule has 1 fully saturated rings. The number of rotatable bonds is 11. The lowest BCUT2D eigenvalue weighted by atomic mass is 9.80. The number of esters is 1. The van der Waals surface area contributed by atoms with E-state index in [9.17, 15) is 14.4 Å². The molecule has 36 heavy (non-hydrogen) atoms. The van der Waals surface area contributed by atoms with Crippen molar-refractivity contribution in [2.24, 2.45) is 5.41 Å². The van der Waals surface area contributed by atoms with Crippen molar-refractivity contribution in [2.45, 2.75) is 51.0 Å². The van der Waals surface area contributed by atoms with Gasteiger partial charge in [0.25, 0.3) is 5.91 Å². The molecule has 2 N–H and O–H groups in total. The molecule has 0 radical (unpaired) electrons. The van der Waals surface area contributed by atoms with Crippen molar-refractivity contribution in [3.8, 4) is 0 Å². The summed E-state index contributed by atoms with van der Waals surface area (Å²) >= 11 is 14.0. The summed E-state index contributed by atoms with van der Waals surface area (Å²) in [5.74, 6) is 0.0610. The summed E-state index contributed by atoms with van der Waals surface area (Å²) in [6.07, 6.45) is 7.92. The first-order valence-corrected chi connectivity index (χ1v) is 14.2. The summed E-state index contributed by atoms with van der Waals surface area (Å²) in [7, 11) is 1.32. The van der Waals surface area contributed by atoms with Crippen molar-refractivity contribution in [3.63, 3.8) is 0 Å². The summed E-state index contributed by atoms with van der Waals surface area (Å²) < 4.78 is 4.99. The third kappa shape index (κ3) is 7.17. The molecule has 1 unspecified atom stereocenters. The fourth-order valence-electron chi connectivity index (χ4n) is 4.71. The van der Waals surface area contributed by atoms with Gasteiger partial charge in [-0.25, -0.2) is 4.79 Å². The van der Waals surface area contributed by atoms with E-state index in [1.54, 1.807) is 54.2 Å². The lowest BCUT2D eigenvalue weighted by Gasteiger charge is -2.30. The Morgan fingerprint density at radius 2 is 1.69 bits per heavy atom. The number of anilines is 1. The van der Waals surface area contributed by atoms with Crippen molar-refractivity contribution in [1.82, 2.24) is 5.32 Å². The minimum atomic E-state index is -0.789. The number of hydrogen-bond donors (Lipinski definition) is 2. The fourth-order valence-corrected chi connectivity index (χ4v) is 5.71. The van der Waals surface area contributed by atoms with Gasteiger partial charge in [0.2, 0.25) is 5.91 Å². The van der Waals surface area contributed by atoms with Crippen LogP contribution in [0.4, 0.5) is 5.69 Å². The van der Waals surface area contributed by atoms with E-state index in [-0.39, 0.29) is 27.9 Å². The van der Waals surface area contributed by atoms with Crippen LogP contribution in [0.15, 0.2) is 42.5 Å². The quantitative estimate of drug-likeness (QED) is 0.259. The Morgan fingerprint density at radius 1 is 1.06 bits per heavy atom. The van der Waals surface area contributed by atoms with E-state index in [0.29, 0.717) is 5.69 Å². The van der Waals surface area contributed by atoms with Crippen LogP contribution in [-0.2, 0) is 20.7 Å². The molecule has 1 aliphatic rings. The van der Waals surface area contributed by atoms with Crippen LogP contribution >= 0.6 is 35.0 Å². The molecule has 2 amide bonds. The first-order chi connectivity index (χ1) is 17.3. The smallest absolute Gasteiger partial charge is 0.328 e. The van der Waals surface area contributed by atoms with Crippen LogP contribution in [0.2, 0.25) is 10.0 Å². The van der Waals surface area contributed by atoms with Crippen LogP contribution in [0.1, 0.15) is 54.4 Å². The zero-order chi connectivity index (χ0) is 26.1. The maximum Gasteiger partial charge on any atom is 0.328 e. The van der Waals surface area contributed by atoms with Gasteiger partial charge in [0.1, 0.15) is 6.04 Å². The molecule has 0 aromatic heterocycles. The van der Waals surface area contributed by atoms with Crippen LogP contribution in [0.25, 0.3) is 0 Å². The predicted octanol–water partition coefficient (Wildman–Crippen LogP) is 6.15. The number of benzene rings is 2. The van der Waals surface area contributed by atoms with Crippen LogP contribution < -0.4 is 10.6 Å². The number of carbonyl (C=O) groups is 3. The van der Waals surface area contributed by atoms with Crippen LogP contribution in [0, 0.1) is 5.41 Å². The van der Waals surface area contributed by atoms with Gasteiger partial charge >= 0.3 is 5.97 Å². The molecular formula is C27H32Cl2N2O4S. The van der Waals surface area contributed by atoms with Crippen LogP contribution in [-0.4, -0.2) is 42.9 Å². The van der Waals surface area contributed by atoms with E-state index in [2.05, 4.69) is 16.9 Å². The molecular weight excluding hydrogens is 519 g/mol. The highest BCUT2D eigenvalue weighted by Gasteiger charge is 2.41. The Hall–Kier alpha value is -2.22.